The van der Waals surface area contributed by atoms with Gasteiger partial charge in [0.05, 0.1) is 17.3 Å². The lowest BCUT2D eigenvalue weighted by molar-refractivity contribution is 0.0692. The van der Waals surface area contributed by atoms with Crippen molar-refractivity contribution in [1.29, 1.82) is 5.26 Å². The molecular formula is C18H14N6O3. The highest BCUT2D eigenvalue weighted by molar-refractivity contribution is 6.10. The number of rotatable bonds is 4. The Morgan fingerprint density at radius 3 is 2.37 bits per heavy atom. The summed E-state index contributed by atoms with van der Waals surface area (Å²) in [5, 5.41) is 25.2. The number of carbonyl (C=O) groups is 2. The van der Waals surface area contributed by atoms with Crippen LogP contribution in [0.25, 0.3) is 5.95 Å². The molecule has 0 aliphatic rings. The molecule has 9 heteroatoms. The molecule has 0 radical (unpaired) electrons. The van der Waals surface area contributed by atoms with Gasteiger partial charge in [-0.3, -0.25) is 4.79 Å². The first-order valence-electron chi connectivity index (χ1n) is 7.85. The van der Waals surface area contributed by atoms with E-state index in [2.05, 4.69) is 20.4 Å². The Bertz CT molecular complexity index is 1080. The van der Waals surface area contributed by atoms with Crippen molar-refractivity contribution >= 4 is 17.7 Å². The number of nitriles is 1. The summed E-state index contributed by atoms with van der Waals surface area (Å²) in [6.07, 6.45) is 1.28. The van der Waals surface area contributed by atoms with Crippen LogP contribution in [0.5, 0.6) is 0 Å². The Kier molecular flexibility index (Phi) is 4.64. The molecule has 0 saturated heterocycles. The standard InChI is InChI=1S/C18H14N6O3/c1-10-7-11(2)22-18(21-10)24-15(12(8-19)9-20-24)23-16(25)13-5-3-4-6-14(13)17(26)27/h3-7,9H,1-2H3,(H,23,25)(H,26,27). The SMILES string of the molecule is Cc1cc(C)nc(-n2ncc(C#N)c2NC(=O)c2ccccc2C(=O)O)n1. The van der Waals surface area contributed by atoms with E-state index in [4.69, 9.17) is 0 Å². The molecule has 0 aliphatic heterocycles. The summed E-state index contributed by atoms with van der Waals surface area (Å²) >= 11 is 0. The summed E-state index contributed by atoms with van der Waals surface area (Å²) in [7, 11) is 0. The van der Waals surface area contributed by atoms with Gasteiger partial charge in [-0.1, -0.05) is 12.1 Å². The van der Waals surface area contributed by atoms with Crippen LogP contribution in [0.4, 0.5) is 5.82 Å². The maximum Gasteiger partial charge on any atom is 0.336 e. The van der Waals surface area contributed by atoms with Crippen LogP contribution >= 0.6 is 0 Å². The molecule has 0 unspecified atom stereocenters. The Morgan fingerprint density at radius 2 is 1.78 bits per heavy atom. The minimum absolute atomic E-state index is 0.0389. The summed E-state index contributed by atoms with van der Waals surface area (Å²) in [6.45, 7) is 3.57. The minimum atomic E-state index is -1.23. The Morgan fingerprint density at radius 1 is 1.15 bits per heavy atom. The first kappa shape index (κ1) is 17.8. The van der Waals surface area contributed by atoms with Gasteiger partial charge in [-0.05, 0) is 32.0 Å². The second-order valence-corrected chi connectivity index (χ2v) is 5.69. The van der Waals surface area contributed by atoms with Gasteiger partial charge in [0.1, 0.15) is 11.6 Å². The Hall–Kier alpha value is -4.06. The topological polar surface area (TPSA) is 134 Å². The quantitative estimate of drug-likeness (QED) is 0.726. The van der Waals surface area contributed by atoms with Gasteiger partial charge < -0.3 is 10.4 Å². The van der Waals surface area contributed by atoms with Crippen LogP contribution in [0.15, 0.2) is 36.5 Å². The number of anilines is 1. The van der Waals surface area contributed by atoms with E-state index in [1.165, 1.54) is 29.1 Å². The molecule has 134 valence electrons. The summed E-state index contributed by atoms with van der Waals surface area (Å²) in [4.78, 5) is 32.5. The minimum Gasteiger partial charge on any atom is -0.478 e. The Balaban J connectivity index is 2.05. The fourth-order valence-corrected chi connectivity index (χ4v) is 2.55. The number of carboxylic acid groups (broad SMARTS) is 1. The third-order valence-electron chi connectivity index (χ3n) is 3.68. The average molecular weight is 362 g/mol. The van der Waals surface area contributed by atoms with E-state index in [0.717, 1.165) is 0 Å². The van der Waals surface area contributed by atoms with Gasteiger partial charge in [0.15, 0.2) is 5.82 Å². The summed E-state index contributed by atoms with van der Waals surface area (Å²) in [5.74, 6) is -1.66. The molecule has 2 N–H and O–H groups in total. The molecule has 3 rings (SSSR count). The number of aromatic carboxylic acids is 1. The molecule has 3 aromatic rings. The maximum atomic E-state index is 12.7. The Labute approximate surface area is 153 Å². The third-order valence-corrected chi connectivity index (χ3v) is 3.68. The average Bonchev–Trinajstić information content (AvgIpc) is 3.03. The zero-order valence-corrected chi connectivity index (χ0v) is 14.5. The summed E-state index contributed by atoms with van der Waals surface area (Å²) in [6, 6.07) is 9.51. The van der Waals surface area contributed by atoms with Crippen LogP contribution in [0.2, 0.25) is 0 Å². The van der Waals surface area contributed by atoms with E-state index in [-0.39, 0.29) is 28.5 Å². The van der Waals surface area contributed by atoms with E-state index in [1.807, 2.05) is 6.07 Å². The van der Waals surface area contributed by atoms with E-state index in [9.17, 15) is 20.0 Å². The van der Waals surface area contributed by atoms with Crippen molar-refractivity contribution in [2.75, 3.05) is 5.32 Å². The first-order chi connectivity index (χ1) is 12.9. The van der Waals surface area contributed by atoms with Crippen molar-refractivity contribution in [3.05, 3.63) is 64.6 Å². The molecule has 0 spiro atoms. The molecule has 0 saturated carbocycles. The number of nitrogens with zero attached hydrogens (tertiary/aromatic N) is 5. The summed E-state index contributed by atoms with van der Waals surface area (Å²) in [5.41, 5.74) is 1.30. The van der Waals surface area contributed by atoms with Crippen molar-refractivity contribution in [1.82, 2.24) is 19.7 Å². The van der Waals surface area contributed by atoms with Crippen molar-refractivity contribution in [3.8, 4) is 12.0 Å². The molecular weight excluding hydrogens is 348 g/mol. The van der Waals surface area contributed by atoms with Gasteiger partial charge in [-0.15, -0.1) is 0 Å². The lowest BCUT2D eigenvalue weighted by Crippen LogP contribution is -2.19. The number of aryl methyl sites for hydroxylation is 2. The van der Waals surface area contributed by atoms with E-state index < -0.39 is 11.9 Å². The maximum absolute atomic E-state index is 12.7. The molecule has 0 aliphatic carbocycles. The number of benzene rings is 1. The lowest BCUT2D eigenvalue weighted by Gasteiger charge is -2.10. The van der Waals surface area contributed by atoms with Gasteiger partial charge in [-0.25, -0.2) is 14.8 Å². The fraction of sp³-hybridized carbons (Fsp3) is 0.111. The van der Waals surface area contributed by atoms with E-state index in [1.54, 1.807) is 26.0 Å². The van der Waals surface area contributed by atoms with Gasteiger partial charge >= 0.3 is 5.97 Å². The fourth-order valence-electron chi connectivity index (χ4n) is 2.55. The molecule has 1 aromatic carbocycles. The number of amides is 1. The second kappa shape index (κ2) is 7.05. The van der Waals surface area contributed by atoms with Gasteiger partial charge in [0.25, 0.3) is 11.9 Å². The van der Waals surface area contributed by atoms with E-state index in [0.29, 0.717) is 11.4 Å². The largest absolute Gasteiger partial charge is 0.478 e. The van der Waals surface area contributed by atoms with Gasteiger partial charge in [0.2, 0.25) is 0 Å². The van der Waals surface area contributed by atoms with Crippen LogP contribution in [-0.2, 0) is 0 Å². The predicted octanol–water partition coefficient (Wildman–Crippen LogP) is 2.10. The van der Waals surface area contributed by atoms with Crippen molar-refractivity contribution < 1.29 is 14.7 Å². The molecule has 0 fully saturated rings. The highest BCUT2D eigenvalue weighted by Crippen LogP contribution is 2.20. The smallest absolute Gasteiger partial charge is 0.336 e. The first-order valence-corrected chi connectivity index (χ1v) is 7.85. The highest BCUT2D eigenvalue weighted by Gasteiger charge is 2.21. The normalized spacial score (nSPS) is 10.3. The lowest BCUT2D eigenvalue weighted by atomic mass is 10.1. The van der Waals surface area contributed by atoms with Crippen LogP contribution in [0, 0.1) is 25.2 Å². The molecule has 2 heterocycles. The molecule has 0 bridgehead atoms. The van der Waals surface area contributed by atoms with Crippen LogP contribution in [0.1, 0.15) is 37.7 Å². The molecule has 0 atom stereocenters. The number of nitrogens with one attached hydrogen (secondary N) is 1. The zero-order valence-electron chi connectivity index (χ0n) is 14.5. The highest BCUT2D eigenvalue weighted by atomic mass is 16.4. The number of carboxylic acids is 1. The monoisotopic (exact) mass is 362 g/mol. The second-order valence-electron chi connectivity index (χ2n) is 5.69. The van der Waals surface area contributed by atoms with Gasteiger partial charge in [0, 0.05) is 11.4 Å². The summed E-state index contributed by atoms with van der Waals surface area (Å²) < 4.78 is 1.24. The van der Waals surface area contributed by atoms with Crippen LogP contribution in [0.3, 0.4) is 0 Å². The van der Waals surface area contributed by atoms with Crippen molar-refractivity contribution in [2.45, 2.75) is 13.8 Å². The van der Waals surface area contributed by atoms with Crippen LogP contribution in [-0.4, -0.2) is 36.7 Å². The van der Waals surface area contributed by atoms with Gasteiger partial charge in [-0.2, -0.15) is 15.0 Å². The predicted molar refractivity (Wildman–Crippen MR) is 94.7 cm³/mol. The number of hydrogen-bond donors (Lipinski definition) is 2. The van der Waals surface area contributed by atoms with E-state index >= 15 is 0 Å². The van der Waals surface area contributed by atoms with Crippen LogP contribution < -0.4 is 5.32 Å². The molecule has 1 amide bonds. The molecule has 9 nitrogen and oxygen atoms in total. The van der Waals surface area contributed by atoms with Crippen molar-refractivity contribution in [2.24, 2.45) is 0 Å². The number of carbonyl (C=O) groups excluding carboxylic acids is 1. The zero-order chi connectivity index (χ0) is 19.6. The number of aromatic nitrogens is 4. The number of hydrogen-bond acceptors (Lipinski definition) is 6. The third kappa shape index (κ3) is 3.50. The van der Waals surface area contributed by atoms with Crippen molar-refractivity contribution in [3.63, 3.8) is 0 Å². The molecule has 27 heavy (non-hydrogen) atoms. The molecule has 2 aromatic heterocycles.